The molecule has 15 heavy (non-hydrogen) atoms. The summed E-state index contributed by atoms with van der Waals surface area (Å²) in [6.45, 7) is 5.50. The molecule has 0 heterocycles. The average molecular weight is 277 g/mol. The van der Waals surface area contributed by atoms with Gasteiger partial charge in [-0.3, -0.25) is 0 Å². The molecule has 0 aliphatic heterocycles. The smallest absolute Gasteiger partial charge is 0.0575 e. The molecule has 0 aromatic rings. The Morgan fingerprint density at radius 3 is 2.20 bits per heavy atom. The largest absolute Gasteiger partial charge is 0.378 e. The summed E-state index contributed by atoms with van der Waals surface area (Å²) in [7, 11) is 0. The Labute approximate surface area is 103 Å². The topological polar surface area (TPSA) is 9.23 Å². The van der Waals surface area contributed by atoms with Gasteiger partial charge in [0.1, 0.15) is 0 Å². The molecule has 1 fully saturated rings. The lowest BCUT2D eigenvalue weighted by Gasteiger charge is -2.22. The molecule has 0 aromatic heterocycles. The maximum absolute atomic E-state index is 6.05. The molecule has 1 rings (SSSR count). The molecule has 1 aliphatic carbocycles. The van der Waals surface area contributed by atoms with Gasteiger partial charge >= 0.3 is 0 Å². The molecule has 0 N–H and O–H groups in total. The van der Waals surface area contributed by atoms with Crippen LogP contribution in [-0.2, 0) is 4.74 Å². The molecule has 1 saturated carbocycles. The van der Waals surface area contributed by atoms with E-state index in [1.165, 1.54) is 38.5 Å². The second kappa shape index (κ2) is 7.67. The fourth-order valence-electron chi connectivity index (χ4n) is 2.08. The first-order valence-electron chi connectivity index (χ1n) is 6.41. The van der Waals surface area contributed by atoms with Gasteiger partial charge in [0.25, 0.3) is 0 Å². The Hall–Kier alpha value is 0.440. The maximum atomic E-state index is 6.05. The molecule has 1 atom stereocenters. The third kappa shape index (κ3) is 5.35. The van der Waals surface area contributed by atoms with Crippen molar-refractivity contribution < 1.29 is 4.74 Å². The molecule has 0 saturated heterocycles. The van der Waals surface area contributed by atoms with Crippen LogP contribution in [0.5, 0.6) is 0 Å². The first-order valence-corrected chi connectivity index (χ1v) is 7.53. The minimum absolute atomic E-state index is 0.549. The highest BCUT2D eigenvalue weighted by Crippen LogP contribution is 2.22. The van der Waals surface area contributed by atoms with Crippen molar-refractivity contribution in [1.29, 1.82) is 0 Å². The molecule has 0 spiro atoms. The highest BCUT2D eigenvalue weighted by molar-refractivity contribution is 9.09. The normalized spacial score (nSPS) is 21.6. The molecule has 0 aromatic carbocycles. The van der Waals surface area contributed by atoms with E-state index in [1.54, 1.807) is 0 Å². The van der Waals surface area contributed by atoms with E-state index in [9.17, 15) is 0 Å². The van der Waals surface area contributed by atoms with E-state index in [2.05, 4.69) is 29.8 Å². The van der Waals surface area contributed by atoms with Gasteiger partial charge in [0.05, 0.1) is 12.7 Å². The molecule has 0 amide bonds. The summed E-state index contributed by atoms with van der Waals surface area (Å²) in [5.74, 6) is 1.39. The van der Waals surface area contributed by atoms with Crippen LogP contribution < -0.4 is 0 Å². The first-order chi connectivity index (χ1) is 7.24. The van der Waals surface area contributed by atoms with Crippen LogP contribution in [0.15, 0.2) is 0 Å². The van der Waals surface area contributed by atoms with Gasteiger partial charge < -0.3 is 4.74 Å². The number of ether oxygens (including phenoxy) is 1. The van der Waals surface area contributed by atoms with Crippen LogP contribution >= 0.6 is 15.9 Å². The number of hydrogen-bond acceptors (Lipinski definition) is 1. The molecule has 1 nitrogen and oxygen atoms in total. The average Bonchev–Trinajstić information content (AvgIpc) is 2.46. The van der Waals surface area contributed by atoms with Gasteiger partial charge in [-0.05, 0) is 24.7 Å². The first kappa shape index (κ1) is 13.5. The maximum Gasteiger partial charge on any atom is 0.0575 e. The van der Waals surface area contributed by atoms with E-state index in [-0.39, 0.29) is 0 Å². The SMILES string of the molecule is CC(C)C(CBr)COC1CCCCCC1. The van der Waals surface area contributed by atoms with Crippen molar-refractivity contribution in [2.45, 2.75) is 58.5 Å². The van der Waals surface area contributed by atoms with Crippen LogP contribution in [0.4, 0.5) is 0 Å². The Balaban J connectivity index is 2.21. The molecular formula is C13H25BrO. The van der Waals surface area contributed by atoms with Crippen LogP contribution in [0.3, 0.4) is 0 Å². The van der Waals surface area contributed by atoms with Crippen molar-refractivity contribution in [2.24, 2.45) is 11.8 Å². The third-order valence-corrected chi connectivity index (χ3v) is 4.32. The van der Waals surface area contributed by atoms with Gasteiger partial charge in [-0.15, -0.1) is 0 Å². The molecule has 0 radical (unpaired) electrons. The summed E-state index contributed by atoms with van der Waals surface area (Å²) < 4.78 is 6.05. The van der Waals surface area contributed by atoms with E-state index in [0.717, 1.165) is 17.9 Å². The molecule has 0 bridgehead atoms. The van der Waals surface area contributed by atoms with E-state index >= 15 is 0 Å². The third-order valence-electron chi connectivity index (χ3n) is 3.49. The monoisotopic (exact) mass is 276 g/mol. The summed E-state index contributed by atoms with van der Waals surface area (Å²) in [5, 5.41) is 1.07. The highest BCUT2D eigenvalue weighted by Gasteiger charge is 2.17. The summed E-state index contributed by atoms with van der Waals surface area (Å²) >= 11 is 3.58. The predicted molar refractivity (Wildman–Crippen MR) is 69.6 cm³/mol. The lowest BCUT2D eigenvalue weighted by molar-refractivity contribution is 0.0164. The van der Waals surface area contributed by atoms with Crippen LogP contribution in [0.25, 0.3) is 0 Å². The van der Waals surface area contributed by atoms with Crippen molar-refractivity contribution in [1.82, 2.24) is 0 Å². The van der Waals surface area contributed by atoms with Crippen molar-refractivity contribution in [3.8, 4) is 0 Å². The van der Waals surface area contributed by atoms with Gasteiger partial charge in [-0.25, -0.2) is 0 Å². The predicted octanol–water partition coefficient (Wildman–Crippen LogP) is 4.39. The number of halogens is 1. The molecule has 90 valence electrons. The fourth-order valence-corrected chi connectivity index (χ4v) is 3.02. The standard InChI is InChI=1S/C13H25BrO/c1-11(2)12(9-14)10-15-13-7-5-3-4-6-8-13/h11-13H,3-10H2,1-2H3. The van der Waals surface area contributed by atoms with Crippen molar-refractivity contribution >= 4 is 15.9 Å². The van der Waals surface area contributed by atoms with Gasteiger partial charge in [-0.1, -0.05) is 55.5 Å². The van der Waals surface area contributed by atoms with E-state index in [4.69, 9.17) is 4.74 Å². The zero-order valence-corrected chi connectivity index (χ0v) is 11.8. The van der Waals surface area contributed by atoms with Crippen LogP contribution in [0.2, 0.25) is 0 Å². The highest BCUT2D eigenvalue weighted by atomic mass is 79.9. The minimum Gasteiger partial charge on any atom is -0.378 e. The van der Waals surface area contributed by atoms with Crippen LogP contribution in [0.1, 0.15) is 52.4 Å². The lowest BCUT2D eigenvalue weighted by atomic mass is 9.99. The van der Waals surface area contributed by atoms with Gasteiger partial charge in [-0.2, -0.15) is 0 Å². The second-order valence-corrected chi connectivity index (χ2v) is 5.75. The number of alkyl halides is 1. The lowest BCUT2D eigenvalue weighted by Crippen LogP contribution is -2.22. The summed E-state index contributed by atoms with van der Waals surface area (Å²) in [4.78, 5) is 0. The Morgan fingerprint density at radius 1 is 1.13 bits per heavy atom. The molecule has 2 heteroatoms. The summed E-state index contributed by atoms with van der Waals surface area (Å²) in [6.07, 6.45) is 8.67. The van der Waals surface area contributed by atoms with Gasteiger partial charge in [0.2, 0.25) is 0 Å². The Kier molecular flexibility index (Phi) is 6.91. The zero-order chi connectivity index (χ0) is 11.1. The van der Waals surface area contributed by atoms with Crippen molar-refractivity contribution in [3.05, 3.63) is 0 Å². The molecular weight excluding hydrogens is 252 g/mol. The minimum atomic E-state index is 0.549. The molecule has 1 aliphatic rings. The van der Waals surface area contributed by atoms with Gasteiger partial charge in [0.15, 0.2) is 0 Å². The fraction of sp³-hybridized carbons (Fsp3) is 1.00. The van der Waals surface area contributed by atoms with E-state index < -0.39 is 0 Å². The number of rotatable bonds is 5. The molecule has 1 unspecified atom stereocenters. The quantitative estimate of drug-likeness (QED) is 0.535. The van der Waals surface area contributed by atoms with Gasteiger partial charge in [0, 0.05) is 5.33 Å². The zero-order valence-electron chi connectivity index (χ0n) is 10.2. The van der Waals surface area contributed by atoms with Crippen molar-refractivity contribution in [2.75, 3.05) is 11.9 Å². The second-order valence-electron chi connectivity index (χ2n) is 5.11. The Morgan fingerprint density at radius 2 is 1.73 bits per heavy atom. The number of hydrogen-bond donors (Lipinski definition) is 0. The summed E-state index contributed by atoms with van der Waals surface area (Å²) in [6, 6.07) is 0. The van der Waals surface area contributed by atoms with Crippen LogP contribution in [-0.4, -0.2) is 18.0 Å². The van der Waals surface area contributed by atoms with Crippen LogP contribution in [0, 0.1) is 11.8 Å². The van der Waals surface area contributed by atoms with E-state index in [1.807, 2.05) is 0 Å². The Bertz CT molecular complexity index is 151. The van der Waals surface area contributed by atoms with Crippen molar-refractivity contribution in [3.63, 3.8) is 0 Å². The summed E-state index contributed by atoms with van der Waals surface area (Å²) in [5.41, 5.74) is 0. The van der Waals surface area contributed by atoms with E-state index in [0.29, 0.717) is 12.0 Å².